The largest absolute Gasteiger partial charge is 0.492 e. The van der Waals surface area contributed by atoms with Gasteiger partial charge in [0.15, 0.2) is 0 Å². The second-order valence-corrected chi connectivity index (χ2v) is 9.85. The highest BCUT2D eigenvalue weighted by molar-refractivity contribution is 5.96. The Bertz CT molecular complexity index is 818. The van der Waals surface area contributed by atoms with Gasteiger partial charge >= 0.3 is 0 Å². The van der Waals surface area contributed by atoms with Gasteiger partial charge in [0.25, 0.3) is 5.91 Å². The molecular formula is C26H39N3O5. The van der Waals surface area contributed by atoms with E-state index >= 15 is 0 Å². The Labute approximate surface area is 203 Å². The molecular weight excluding hydrogens is 434 g/mol. The first-order valence-corrected chi connectivity index (χ1v) is 12.7. The molecule has 3 aliphatic heterocycles. The number of hydrogen-bond donors (Lipinski definition) is 0. The SMILES string of the molecule is CN1CCOCCCCC2(CCN(C(=O)CN3CCOCC3)CC2)COc2ccccc2C1=O. The molecule has 0 atom stereocenters. The van der Waals surface area contributed by atoms with Gasteiger partial charge in [0, 0.05) is 51.8 Å². The molecule has 8 heteroatoms. The van der Waals surface area contributed by atoms with E-state index in [2.05, 4.69) is 4.90 Å². The number of piperidine rings is 1. The Morgan fingerprint density at radius 3 is 2.41 bits per heavy atom. The number of benzene rings is 1. The molecule has 0 bridgehead atoms. The Balaban J connectivity index is 1.41. The van der Waals surface area contributed by atoms with Gasteiger partial charge in [-0.05, 0) is 37.8 Å². The quantitative estimate of drug-likeness (QED) is 0.656. The number of likely N-dealkylation sites (N-methyl/N-ethyl adjacent to an activating group) is 1. The highest BCUT2D eigenvalue weighted by Gasteiger charge is 2.37. The summed E-state index contributed by atoms with van der Waals surface area (Å²) in [6.45, 7) is 7.43. The van der Waals surface area contributed by atoms with Gasteiger partial charge < -0.3 is 24.0 Å². The van der Waals surface area contributed by atoms with E-state index in [-0.39, 0.29) is 17.2 Å². The highest BCUT2D eigenvalue weighted by Crippen LogP contribution is 2.38. The van der Waals surface area contributed by atoms with Crippen LogP contribution in [0.4, 0.5) is 0 Å². The number of carbonyl (C=O) groups is 2. The highest BCUT2D eigenvalue weighted by atomic mass is 16.5. The fraction of sp³-hybridized carbons (Fsp3) is 0.692. The average Bonchev–Trinajstić information content (AvgIpc) is 2.87. The van der Waals surface area contributed by atoms with Gasteiger partial charge in [-0.1, -0.05) is 18.6 Å². The normalized spacial score (nSPS) is 23.1. The van der Waals surface area contributed by atoms with Crippen LogP contribution < -0.4 is 4.74 Å². The number of carbonyl (C=O) groups excluding carboxylic acids is 2. The van der Waals surface area contributed by atoms with Crippen molar-refractivity contribution in [2.75, 3.05) is 79.4 Å². The third kappa shape index (κ3) is 6.49. The van der Waals surface area contributed by atoms with E-state index < -0.39 is 0 Å². The minimum absolute atomic E-state index is 0.00191. The monoisotopic (exact) mass is 473 g/mol. The van der Waals surface area contributed by atoms with Gasteiger partial charge in [0.05, 0.1) is 38.5 Å². The van der Waals surface area contributed by atoms with Crippen molar-refractivity contribution >= 4 is 11.8 Å². The molecule has 0 radical (unpaired) electrons. The van der Waals surface area contributed by atoms with Gasteiger partial charge in [-0.25, -0.2) is 0 Å². The number of morpholine rings is 1. The van der Waals surface area contributed by atoms with Crippen LogP contribution in [0.3, 0.4) is 0 Å². The third-order valence-electron chi connectivity index (χ3n) is 7.45. The zero-order valence-electron chi connectivity index (χ0n) is 20.5. The summed E-state index contributed by atoms with van der Waals surface area (Å²) in [4.78, 5) is 31.8. The molecule has 1 spiro atoms. The maximum absolute atomic E-state index is 13.0. The van der Waals surface area contributed by atoms with Crippen LogP contribution in [0.15, 0.2) is 24.3 Å². The molecule has 0 aromatic heterocycles. The summed E-state index contributed by atoms with van der Waals surface area (Å²) in [6.07, 6.45) is 4.94. The molecule has 3 heterocycles. The second kappa shape index (κ2) is 12.0. The van der Waals surface area contributed by atoms with E-state index in [1.165, 1.54) is 0 Å². The van der Waals surface area contributed by atoms with Crippen molar-refractivity contribution in [3.05, 3.63) is 29.8 Å². The Kier molecular flexibility index (Phi) is 8.80. The Hall–Kier alpha value is -2.16. The minimum Gasteiger partial charge on any atom is -0.492 e. The molecule has 2 fully saturated rings. The van der Waals surface area contributed by atoms with E-state index in [1.807, 2.05) is 29.2 Å². The predicted molar refractivity (Wildman–Crippen MR) is 129 cm³/mol. The Morgan fingerprint density at radius 1 is 0.912 bits per heavy atom. The van der Waals surface area contributed by atoms with Crippen LogP contribution in [0.5, 0.6) is 5.75 Å². The van der Waals surface area contributed by atoms with Gasteiger partial charge in [0.1, 0.15) is 5.75 Å². The first-order valence-electron chi connectivity index (χ1n) is 12.7. The van der Waals surface area contributed by atoms with E-state index in [1.54, 1.807) is 11.9 Å². The smallest absolute Gasteiger partial charge is 0.257 e. The average molecular weight is 474 g/mol. The topological polar surface area (TPSA) is 71.6 Å². The predicted octanol–water partition coefficient (Wildman–Crippen LogP) is 2.28. The molecule has 0 unspecified atom stereocenters. The molecule has 0 saturated carbocycles. The maximum atomic E-state index is 13.0. The zero-order valence-corrected chi connectivity index (χ0v) is 20.5. The second-order valence-electron chi connectivity index (χ2n) is 9.85. The van der Waals surface area contributed by atoms with Crippen molar-refractivity contribution in [1.82, 2.24) is 14.7 Å². The van der Waals surface area contributed by atoms with Gasteiger partial charge in [-0.3, -0.25) is 14.5 Å². The van der Waals surface area contributed by atoms with Crippen molar-refractivity contribution < 1.29 is 23.8 Å². The lowest BCUT2D eigenvalue weighted by molar-refractivity contribution is -0.136. The summed E-state index contributed by atoms with van der Waals surface area (Å²) in [6, 6.07) is 7.51. The standard InChI is InChI=1S/C26H39N3O5/c1-27-13-17-32-16-5-4-8-26(21-34-23-7-3-2-6-22(23)25(27)31)9-11-29(12-10-26)24(30)20-28-14-18-33-19-15-28/h2-3,6-7H,4-5,8-21H2,1H3. The number of para-hydroxylation sites is 1. The lowest BCUT2D eigenvalue weighted by Crippen LogP contribution is -2.50. The fourth-order valence-electron chi connectivity index (χ4n) is 5.06. The summed E-state index contributed by atoms with van der Waals surface area (Å²) in [7, 11) is 1.81. The number of nitrogens with zero attached hydrogens (tertiary/aromatic N) is 3. The summed E-state index contributed by atoms with van der Waals surface area (Å²) in [5.41, 5.74) is 0.595. The van der Waals surface area contributed by atoms with Gasteiger partial charge in [0.2, 0.25) is 5.91 Å². The molecule has 2 saturated heterocycles. The van der Waals surface area contributed by atoms with Crippen LogP contribution in [0.25, 0.3) is 0 Å². The van der Waals surface area contributed by atoms with Gasteiger partial charge in [-0.15, -0.1) is 0 Å². The summed E-state index contributed by atoms with van der Waals surface area (Å²) < 4.78 is 17.5. The lowest BCUT2D eigenvalue weighted by Gasteiger charge is -2.42. The van der Waals surface area contributed by atoms with Crippen molar-refractivity contribution in [2.45, 2.75) is 32.1 Å². The van der Waals surface area contributed by atoms with Crippen LogP contribution >= 0.6 is 0 Å². The van der Waals surface area contributed by atoms with Crippen molar-refractivity contribution in [2.24, 2.45) is 5.41 Å². The molecule has 188 valence electrons. The number of likely N-dealkylation sites (tertiary alicyclic amines) is 1. The van der Waals surface area contributed by atoms with Crippen LogP contribution in [0.2, 0.25) is 0 Å². The number of rotatable bonds is 2. The minimum atomic E-state index is -0.0474. The molecule has 0 N–H and O–H groups in total. The number of hydrogen-bond acceptors (Lipinski definition) is 6. The van der Waals surface area contributed by atoms with Crippen LogP contribution in [-0.2, 0) is 14.3 Å². The van der Waals surface area contributed by atoms with Crippen molar-refractivity contribution in [1.29, 1.82) is 0 Å². The van der Waals surface area contributed by atoms with E-state index in [0.29, 0.717) is 57.4 Å². The van der Waals surface area contributed by atoms with E-state index in [9.17, 15) is 9.59 Å². The summed E-state index contributed by atoms with van der Waals surface area (Å²) >= 11 is 0. The molecule has 1 aromatic carbocycles. The molecule has 3 aliphatic rings. The molecule has 4 rings (SSSR count). The first kappa shape index (κ1) is 24.9. The number of amides is 2. The molecule has 2 amide bonds. The molecule has 34 heavy (non-hydrogen) atoms. The zero-order chi connectivity index (χ0) is 23.8. The summed E-state index contributed by atoms with van der Waals surface area (Å²) in [5.74, 6) is 0.808. The van der Waals surface area contributed by atoms with Crippen molar-refractivity contribution in [3.8, 4) is 5.75 Å². The number of fused-ring (bicyclic) bond motifs is 1. The molecule has 8 nitrogen and oxygen atoms in total. The van der Waals surface area contributed by atoms with Crippen LogP contribution in [0, 0.1) is 5.41 Å². The number of ether oxygens (including phenoxy) is 3. The summed E-state index contributed by atoms with van der Waals surface area (Å²) in [5, 5.41) is 0. The maximum Gasteiger partial charge on any atom is 0.257 e. The lowest BCUT2D eigenvalue weighted by atomic mass is 9.75. The fourth-order valence-corrected chi connectivity index (χ4v) is 5.06. The molecule has 1 aromatic rings. The third-order valence-corrected chi connectivity index (χ3v) is 7.45. The van der Waals surface area contributed by atoms with Crippen LogP contribution in [-0.4, -0.2) is 106 Å². The van der Waals surface area contributed by atoms with E-state index in [0.717, 1.165) is 58.3 Å². The Morgan fingerprint density at radius 2 is 1.62 bits per heavy atom. The first-order chi connectivity index (χ1) is 16.6. The van der Waals surface area contributed by atoms with E-state index in [4.69, 9.17) is 14.2 Å². The van der Waals surface area contributed by atoms with Crippen LogP contribution in [0.1, 0.15) is 42.5 Å². The van der Waals surface area contributed by atoms with Crippen molar-refractivity contribution in [3.63, 3.8) is 0 Å². The molecule has 0 aliphatic carbocycles. The van der Waals surface area contributed by atoms with Gasteiger partial charge in [-0.2, -0.15) is 0 Å².